The van der Waals surface area contributed by atoms with E-state index in [-0.39, 0.29) is 30.4 Å². The molecule has 2 aliphatic rings. The maximum absolute atomic E-state index is 12.7. The molecule has 0 aromatic heterocycles. The molecular weight excluding hydrogens is 404 g/mol. The predicted molar refractivity (Wildman–Crippen MR) is 116 cm³/mol. The number of hydrogen-bond donors (Lipinski definition) is 0. The fourth-order valence-corrected chi connectivity index (χ4v) is 4.03. The number of carbonyl (C=O) groups is 2. The topological polar surface area (TPSA) is 59.1 Å². The first kappa shape index (κ1) is 22.1. The molecule has 1 unspecified atom stereocenters. The average Bonchev–Trinajstić information content (AvgIpc) is 3.10. The van der Waals surface area contributed by atoms with E-state index in [1.165, 1.54) is 0 Å². The fraction of sp³-hybridized carbons (Fsp3) is 0.391. The summed E-state index contributed by atoms with van der Waals surface area (Å²) in [5, 5.41) is 0. The van der Waals surface area contributed by atoms with Crippen LogP contribution in [0.2, 0.25) is 0 Å². The summed E-state index contributed by atoms with van der Waals surface area (Å²) in [5.41, 5.74) is 2.40. The van der Waals surface area contributed by atoms with Gasteiger partial charge in [-0.05, 0) is 49.7 Å². The van der Waals surface area contributed by atoms with Gasteiger partial charge in [-0.25, -0.2) is 4.79 Å². The zero-order valence-corrected chi connectivity index (χ0v) is 17.9. The van der Waals surface area contributed by atoms with Crippen LogP contribution in [0.5, 0.6) is 5.75 Å². The normalized spacial score (nSPS) is 18.4. The first-order valence-corrected chi connectivity index (χ1v) is 10.1. The molecule has 2 aromatic rings. The number of ether oxygens (including phenoxy) is 2. The Morgan fingerprint density at radius 2 is 1.77 bits per heavy atom. The van der Waals surface area contributed by atoms with Gasteiger partial charge in [0.1, 0.15) is 11.9 Å². The number of methoxy groups -OCH3 is 1. The van der Waals surface area contributed by atoms with Gasteiger partial charge in [0.2, 0.25) is 0 Å². The number of benzene rings is 2. The third-order valence-corrected chi connectivity index (χ3v) is 5.71. The number of piperazine rings is 1. The van der Waals surface area contributed by atoms with E-state index in [4.69, 9.17) is 9.47 Å². The van der Waals surface area contributed by atoms with E-state index in [2.05, 4.69) is 4.90 Å². The van der Waals surface area contributed by atoms with Crippen molar-refractivity contribution in [1.29, 1.82) is 0 Å². The second kappa shape index (κ2) is 9.96. The highest BCUT2D eigenvalue weighted by Gasteiger charge is 2.30. The van der Waals surface area contributed by atoms with Crippen LogP contribution in [0.25, 0.3) is 0 Å². The van der Waals surface area contributed by atoms with Crippen LogP contribution < -0.4 is 4.74 Å². The molecule has 30 heavy (non-hydrogen) atoms. The van der Waals surface area contributed by atoms with Crippen molar-refractivity contribution in [1.82, 2.24) is 9.80 Å². The van der Waals surface area contributed by atoms with Gasteiger partial charge in [0.15, 0.2) is 0 Å². The number of amides is 1. The SMILES string of the molecule is COc1ccc(C(=O)N2CCN(CCCC3OC(=O)c4ccccc43)CC2)cc1.Cl. The van der Waals surface area contributed by atoms with Crippen LogP contribution in [0.3, 0.4) is 0 Å². The van der Waals surface area contributed by atoms with Crippen molar-refractivity contribution in [2.24, 2.45) is 0 Å². The van der Waals surface area contributed by atoms with Crippen LogP contribution in [0.4, 0.5) is 0 Å². The fourth-order valence-electron chi connectivity index (χ4n) is 4.03. The van der Waals surface area contributed by atoms with E-state index in [9.17, 15) is 9.59 Å². The summed E-state index contributed by atoms with van der Waals surface area (Å²) in [5.74, 6) is 0.611. The van der Waals surface area contributed by atoms with Gasteiger partial charge in [-0.15, -0.1) is 12.4 Å². The number of nitrogens with zero attached hydrogens (tertiary/aromatic N) is 2. The van der Waals surface area contributed by atoms with Gasteiger partial charge < -0.3 is 14.4 Å². The van der Waals surface area contributed by atoms with Gasteiger partial charge >= 0.3 is 5.97 Å². The Balaban J connectivity index is 0.00000256. The monoisotopic (exact) mass is 430 g/mol. The molecule has 0 saturated carbocycles. The molecule has 7 heteroatoms. The van der Waals surface area contributed by atoms with E-state index < -0.39 is 0 Å². The molecule has 0 spiro atoms. The zero-order chi connectivity index (χ0) is 20.2. The number of esters is 1. The third kappa shape index (κ3) is 4.77. The van der Waals surface area contributed by atoms with Crippen molar-refractivity contribution in [2.75, 3.05) is 39.8 Å². The molecule has 1 atom stereocenters. The summed E-state index contributed by atoms with van der Waals surface area (Å²) >= 11 is 0. The van der Waals surface area contributed by atoms with E-state index in [0.29, 0.717) is 11.1 Å². The number of halogens is 1. The average molecular weight is 431 g/mol. The molecular formula is C23H27ClN2O4. The first-order chi connectivity index (χ1) is 14.2. The van der Waals surface area contributed by atoms with Crippen molar-refractivity contribution in [3.05, 3.63) is 65.2 Å². The molecule has 0 N–H and O–H groups in total. The molecule has 0 bridgehead atoms. The molecule has 0 radical (unpaired) electrons. The standard InChI is InChI=1S/C23H26N2O4.ClH/c1-28-18-10-8-17(9-11-18)22(26)25-15-13-24(14-16-25)12-4-7-21-19-5-2-3-6-20(19)23(27)29-21;/h2-3,5-6,8-11,21H,4,7,12-16H2,1H3;1H. The van der Waals surface area contributed by atoms with Gasteiger partial charge in [0.05, 0.1) is 12.7 Å². The molecule has 1 amide bonds. The molecule has 4 rings (SSSR count). The first-order valence-electron chi connectivity index (χ1n) is 10.1. The molecule has 2 aromatic carbocycles. The lowest BCUT2D eigenvalue weighted by molar-refractivity contribution is 0.0353. The van der Waals surface area contributed by atoms with Crippen LogP contribution in [0.1, 0.15) is 45.2 Å². The highest BCUT2D eigenvalue weighted by molar-refractivity contribution is 5.94. The predicted octanol–water partition coefficient (Wildman–Crippen LogP) is 3.57. The van der Waals surface area contributed by atoms with E-state index in [1.807, 2.05) is 53.4 Å². The highest BCUT2D eigenvalue weighted by Crippen LogP contribution is 2.33. The molecule has 2 heterocycles. The van der Waals surface area contributed by atoms with Gasteiger partial charge in [0, 0.05) is 37.3 Å². The van der Waals surface area contributed by atoms with Gasteiger partial charge in [-0.1, -0.05) is 18.2 Å². The second-order valence-electron chi connectivity index (χ2n) is 7.49. The minimum Gasteiger partial charge on any atom is -0.497 e. The van der Waals surface area contributed by atoms with Gasteiger partial charge in [-0.3, -0.25) is 9.69 Å². The lowest BCUT2D eigenvalue weighted by Crippen LogP contribution is -2.48. The molecule has 1 fully saturated rings. The van der Waals surface area contributed by atoms with E-state index >= 15 is 0 Å². The van der Waals surface area contributed by atoms with Gasteiger partial charge in [-0.2, -0.15) is 0 Å². The Bertz CT molecular complexity index is 879. The molecule has 160 valence electrons. The van der Waals surface area contributed by atoms with Gasteiger partial charge in [0.25, 0.3) is 5.91 Å². The van der Waals surface area contributed by atoms with Crippen LogP contribution in [-0.2, 0) is 4.74 Å². The summed E-state index contributed by atoms with van der Waals surface area (Å²) in [6.45, 7) is 4.13. The van der Waals surface area contributed by atoms with Crippen LogP contribution >= 0.6 is 12.4 Å². The largest absolute Gasteiger partial charge is 0.497 e. The number of fused-ring (bicyclic) bond motifs is 1. The van der Waals surface area contributed by atoms with Crippen LogP contribution in [-0.4, -0.2) is 61.5 Å². The van der Waals surface area contributed by atoms with Crippen LogP contribution in [0.15, 0.2) is 48.5 Å². The number of carbonyl (C=O) groups excluding carboxylic acids is 2. The Morgan fingerprint density at radius 1 is 1.07 bits per heavy atom. The van der Waals surface area contributed by atoms with Crippen LogP contribution in [0, 0.1) is 0 Å². The van der Waals surface area contributed by atoms with Crippen molar-refractivity contribution in [3.8, 4) is 5.75 Å². The number of rotatable bonds is 6. The molecule has 2 aliphatic heterocycles. The Labute approximate surface area is 183 Å². The summed E-state index contributed by atoms with van der Waals surface area (Å²) < 4.78 is 10.7. The Morgan fingerprint density at radius 3 is 2.47 bits per heavy atom. The van der Waals surface area contributed by atoms with E-state index in [1.54, 1.807) is 7.11 Å². The zero-order valence-electron chi connectivity index (χ0n) is 17.1. The number of hydrogen-bond acceptors (Lipinski definition) is 5. The third-order valence-electron chi connectivity index (χ3n) is 5.71. The Kier molecular flexibility index (Phi) is 7.34. The summed E-state index contributed by atoms with van der Waals surface area (Å²) in [7, 11) is 1.62. The molecule has 0 aliphatic carbocycles. The maximum atomic E-state index is 12.7. The second-order valence-corrected chi connectivity index (χ2v) is 7.49. The van der Waals surface area contributed by atoms with Crippen molar-refractivity contribution in [3.63, 3.8) is 0 Å². The smallest absolute Gasteiger partial charge is 0.339 e. The van der Waals surface area contributed by atoms with E-state index in [0.717, 1.165) is 56.9 Å². The van der Waals surface area contributed by atoms with Crippen molar-refractivity contribution in [2.45, 2.75) is 18.9 Å². The molecule has 1 saturated heterocycles. The lowest BCUT2D eigenvalue weighted by Gasteiger charge is -2.35. The minimum atomic E-state index is -0.212. The lowest BCUT2D eigenvalue weighted by atomic mass is 10.0. The summed E-state index contributed by atoms with van der Waals surface area (Å²) in [4.78, 5) is 28.9. The Hall–Kier alpha value is -2.57. The van der Waals surface area contributed by atoms with Crippen molar-refractivity contribution >= 4 is 24.3 Å². The summed E-state index contributed by atoms with van der Waals surface area (Å²) in [6, 6.07) is 14.9. The van der Waals surface area contributed by atoms with Crippen molar-refractivity contribution < 1.29 is 19.1 Å². The molecule has 6 nitrogen and oxygen atoms in total. The quantitative estimate of drug-likeness (QED) is 0.656. The summed E-state index contributed by atoms with van der Waals surface area (Å²) in [6.07, 6.45) is 1.66. The maximum Gasteiger partial charge on any atom is 0.339 e. The number of cyclic esters (lactones) is 1. The highest BCUT2D eigenvalue weighted by atomic mass is 35.5. The minimum absolute atomic E-state index is 0.